The number of unbranched alkanes of at least 4 members (excludes halogenated alkanes) is 4. The molecule has 0 aliphatic carbocycles. The molecule has 1 atom stereocenters. The first-order valence-electron chi connectivity index (χ1n) is 30.2. The van der Waals surface area contributed by atoms with Gasteiger partial charge in [0.1, 0.15) is 13.2 Å². The summed E-state index contributed by atoms with van der Waals surface area (Å²) < 4.78 is 16.7. The fourth-order valence-electron chi connectivity index (χ4n) is 7.07. The van der Waals surface area contributed by atoms with Gasteiger partial charge in [0, 0.05) is 19.3 Å². The Morgan fingerprint density at radius 1 is 0.253 bits per heavy atom. The second kappa shape index (κ2) is 64.3. The van der Waals surface area contributed by atoms with Crippen molar-refractivity contribution in [2.75, 3.05) is 13.2 Å². The van der Waals surface area contributed by atoms with Crippen LogP contribution in [-0.2, 0) is 28.6 Å². The zero-order valence-electron chi connectivity index (χ0n) is 49.5. The Bertz CT molecular complexity index is 2010. The van der Waals surface area contributed by atoms with Crippen LogP contribution >= 0.6 is 0 Å². The van der Waals surface area contributed by atoms with Crippen molar-refractivity contribution < 1.29 is 28.6 Å². The van der Waals surface area contributed by atoms with Crippen LogP contribution in [0.3, 0.4) is 0 Å². The average molecular weight is 1080 g/mol. The normalized spacial score (nSPS) is 13.7. The van der Waals surface area contributed by atoms with Gasteiger partial charge in [-0.25, -0.2) is 0 Å². The second-order valence-corrected chi connectivity index (χ2v) is 18.8. The molecule has 0 aromatic carbocycles. The molecule has 0 aliphatic heterocycles. The van der Waals surface area contributed by atoms with Crippen molar-refractivity contribution in [2.24, 2.45) is 0 Å². The highest BCUT2D eigenvalue weighted by molar-refractivity contribution is 5.71. The number of carbonyl (C=O) groups excluding carboxylic acids is 3. The van der Waals surface area contributed by atoms with E-state index in [1.165, 1.54) is 0 Å². The third-order valence-corrected chi connectivity index (χ3v) is 11.5. The maximum absolute atomic E-state index is 12.9. The zero-order chi connectivity index (χ0) is 57.1. The summed E-state index contributed by atoms with van der Waals surface area (Å²) in [6, 6.07) is 0. The summed E-state index contributed by atoms with van der Waals surface area (Å²) in [5.41, 5.74) is 0. The minimum atomic E-state index is -0.873. The molecule has 0 rings (SSSR count). The van der Waals surface area contributed by atoms with Gasteiger partial charge in [0.25, 0.3) is 0 Å². The summed E-state index contributed by atoms with van der Waals surface area (Å²) in [7, 11) is 0. The highest BCUT2D eigenvalue weighted by Gasteiger charge is 2.19. The van der Waals surface area contributed by atoms with E-state index in [0.29, 0.717) is 19.3 Å². The molecule has 6 nitrogen and oxygen atoms in total. The first kappa shape index (κ1) is 72.7. The minimum absolute atomic E-state index is 0.158. The van der Waals surface area contributed by atoms with E-state index in [-0.39, 0.29) is 44.4 Å². The van der Waals surface area contributed by atoms with Crippen LogP contribution in [0.4, 0.5) is 0 Å². The molecule has 0 N–H and O–H groups in total. The molecule has 1 unspecified atom stereocenters. The standard InChI is InChI=1S/C73H106O6/c1-4-7-10-13-16-19-22-25-28-31-34-35-36-37-40-42-45-48-51-54-57-60-63-66-72(75)78-69-70(79-73(76)67-64-61-58-55-52-49-46-43-39-33-30-27-24-21-18-15-12-9-6-3)68-77-71(74)65-62-59-56-53-50-47-44-41-38-32-29-26-23-20-17-14-11-8-5-2/h7-12,16-21,25-30,34-35,37-41,43,45,47-50,52,54,57-58,61,70H,4-6,13-15,22-24,31-33,36,42,44,46,51,53,55-56,59-60,62-69H2,1-3H3/b10-7-,11-8-,12-9-,19-16-,20-17-,21-18-,28-25-,29-26-,30-27-,35-34-,40-37-,41-38-,43-39-,48-45-,50-47-,52-49-,57-54-,61-58-. The SMILES string of the molecule is CC/C=C\C/C=C\C/C=C\C/C=C\C/C=C\C/C=C\C/C=C\CCCC(=O)OCC(COC(=O)CCCCC/C=C\C/C=C\C/C=C\C/C=C\C/C=C\CC)OC(=O)CC/C=C\C/C=C\C/C=C\C/C=C\C/C=C\C/C=C\CC. The second-order valence-electron chi connectivity index (χ2n) is 18.8. The number of esters is 3. The smallest absolute Gasteiger partial charge is 0.306 e. The Kier molecular flexibility index (Phi) is 59.2. The number of rotatable bonds is 51. The Morgan fingerprint density at radius 3 is 0.785 bits per heavy atom. The minimum Gasteiger partial charge on any atom is -0.462 e. The maximum atomic E-state index is 12.9. The van der Waals surface area contributed by atoms with Crippen molar-refractivity contribution in [3.63, 3.8) is 0 Å². The molecular formula is C73H106O6. The molecule has 0 heterocycles. The van der Waals surface area contributed by atoms with Crippen LogP contribution in [0.25, 0.3) is 0 Å². The van der Waals surface area contributed by atoms with Gasteiger partial charge < -0.3 is 14.2 Å². The van der Waals surface area contributed by atoms with Crippen LogP contribution in [0.1, 0.15) is 201 Å². The number of hydrogen-bond donors (Lipinski definition) is 0. The quantitative estimate of drug-likeness (QED) is 0.0261. The molecule has 0 radical (unpaired) electrons. The molecule has 0 aromatic heterocycles. The van der Waals surface area contributed by atoms with Crippen LogP contribution in [0.15, 0.2) is 219 Å². The van der Waals surface area contributed by atoms with Crippen LogP contribution in [0.2, 0.25) is 0 Å². The molecule has 0 bridgehead atoms. The summed E-state index contributed by atoms with van der Waals surface area (Å²) in [5.74, 6) is -1.15. The van der Waals surface area contributed by atoms with Gasteiger partial charge >= 0.3 is 17.9 Å². The number of hydrogen-bond acceptors (Lipinski definition) is 6. The molecule has 434 valence electrons. The molecule has 6 heteroatoms. The fraction of sp³-hybridized carbons (Fsp3) is 0.466. The van der Waals surface area contributed by atoms with Crippen molar-refractivity contribution >= 4 is 17.9 Å². The molecule has 0 amide bonds. The van der Waals surface area contributed by atoms with E-state index in [1.807, 2.05) is 12.2 Å². The van der Waals surface area contributed by atoms with E-state index in [4.69, 9.17) is 14.2 Å². The molecule has 0 spiro atoms. The highest BCUT2D eigenvalue weighted by atomic mass is 16.6. The number of carbonyl (C=O) groups is 3. The Balaban J connectivity index is 4.71. The molecule has 0 fully saturated rings. The Labute approximate surface area is 482 Å². The van der Waals surface area contributed by atoms with Gasteiger partial charge in [-0.05, 0) is 154 Å². The molecule has 0 aromatic rings. The lowest BCUT2D eigenvalue weighted by atomic mass is 10.1. The van der Waals surface area contributed by atoms with Crippen molar-refractivity contribution in [2.45, 2.75) is 207 Å². The summed E-state index contributed by atoms with van der Waals surface area (Å²) >= 11 is 0. The first-order chi connectivity index (χ1) is 39.0. The zero-order valence-corrected chi connectivity index (χ0v) is 49.5. The van der Waals surface area contributed by atoms with Crippen LogP contribution < -0.4 is 0 Å². The molecule has 79 heavy (non-hydrogen) atoms. The van der Waals surface area contributed by atoms with Gasteiger partial charge in [-0.2, -0.15) is 0 Å². The van der Waals surface area contributed by atoms with Crippen LogP contribution in [0.5, 0.6) is 0 Å². The number of ether oxygens (including phenoxy) is 3. The lowest BCUT2D eigenvalue weighted by molar-refractivity contribution is -0.166. The third kappa shape index (κ3) is 62.5. The van der Waals surface area contributed by atoms with E-state index in [9.17, 15) is 14.4 Å². The predicted molar refractivity (Wildman–Crippen MR) is 343 cm³/mol. The van der Waals surface area contributed by atoms with Gasteiger partial charge in [0.05, 0.1) is 0 Å². The average Bonchev–Trinajstić information content (AvgIpc) is 3.45. The summed E-state index contributed by atoms with van der Waals surface area (Å²) in [4.78, 5) is 38.2. The van der Waals surface area contributed by atoms with E-state index in [1.54, 1.807) is 0 Å². The summed E-state index contributed by atoms with van der Waals surface area (Å²) in [6.45, 7) is 6.13. The van der Waals surface area contributed by atoms with Crippen molar-refractivity contribution in [3.8, 4) is 0 Å². The van der Waals surface area contributed by atoms with E-state index in [0.717, 1.165) is 141 Å². The lowest BCUT2D eigenvalue weighted by Crippen LogP contribution is -2.30. The molecule has 0 saturated carbocycles. The maximum Gasteiger partial charge on any atom is 0.306 e. The van der Waals surface area contributed by atoms with Gasteiger partial charge in [-0.1, -0.05) is 246 Å². The van der Waals surface area contributed by atoms with Gasteiger partial charge in [-0.15, -0.1) is 0 Å². The van der Waals surface area contributed by atoms with E-state index < -0.39 is 12.1 Å². The summed E-state index contributed by atoms with van der Waals surface area (Å²) in [5, 5.41) is 0. The largest absolute Gasteiger partial charge is 0.462 e. The van der Waals surface area contributed by atoms with Crippen molar-refractivity contribution in [3.05, 3.63) is 219 Å². The first-order valence-corrected chi connectivity index (χ1v) is 30.2. The lowest BCUT2D eigenvalue weighted by Gasteiger charge is -2.18. The third-order valence-electron chi connectivity index (χ3n) is 11.5. The topological polar surface area (TPSA) is 78.9 Å². The fourth-order valence-corrected chi connectivity index (χ4v) is 7.07. The van der Waals surface area contributed by atoms with Crippen molar-refractivity contribution in [1.29, 1.82) is 0 Å². The molecule has 0 saturated heterocycles. The summed E-state index contributed by atoms with van der Waals surface area (Å²) in [6.07, 6.45) is 101. The highest BCUT2D eigenvalue weighted by Crippen LogP contribution is 2.10. The van der Waals surface area contributed by atoms with Crippen molar-refractivity contribution in [1.82, 2.24) is 0 Å². The van der Waals surface area contributed by atoms with Gasteiger partial charge in [0.15, 0.2) is 6.10 Å². The Hall–Kier alpha value is -6.27. The van der Waals surface area contributed by atoms with Crippen LogP contribution in [-0.4, -0.2) is 37.2 Å². The van der Waals surface area contributed by atoms with Gasteiger partial charge in [0.2, 0.25) is 0 Å². The molecule has 0 aliphatic rings. The molecular weight excluding hydrogens is 973 g/mol. The monoisotopic (exact) mass is 1080 g/mol. The number of allylic oxidation sites excluding steroid dienone is 36. The Morgan fingerprint density at radius 2 is 0.494 bits per heavy atom. The van der Waals surface area contributed by atoms with E-state index in [2.05, 4.69) is 227 Å². The van der Waals surface area contributed by atoms with Crippen LogP contribution in [0, 0.1) is 0 Å². The predicted octanol–water partition coefficient (Wildman–Crippen LogP) is 21.0. The van der Waals surface area contributed by atoms with Gasteiger partial charge in [-0.3, -0.25) is 14.4 Å². The van der Waals surface area contributed by atoms with E-state index >= 15 is 0 Å².